The molecule has 0 bridgehead atoms. The van der Waals surface area contributed by atoms with Crippen LogP contribution in [0.15, 0.2) is 67.0 Å². The van der Waals surface area contributed by atoms with Crippen LogP contribution >= 0.6 is 0 Å². The van der Waals surface area contributed by atoms with Crippen molar-refractivity contribution in [2.24, 2.45) is 7.05 Å². The second-order valence-corrected chi connectivity index (χ2v) is 10.1. The minimum Gasteiger partial charge on any atom is -0.383 e. The van der Waals surface area contributed by atoms with Gasteiger partial charge in [-0.2, -0.15) is 0 Å². The lowest BCUT2D eigenvalue weighted by Gasteiger charge is -2.55. The second-order valence-electron chi connectivity index (χ2n) is 10.1. The van der Waals surface area contributed by atoms with Crippen LogP contribution in [-0.4, -0.2) is 56.5 Å². The van der Waals surface area contributed by atoms with Gasteiger partial charge in [0.1, 0.15) is 23.4 Å². The van der Waals surface area contributed by atoms with E-state index in [2.05, 4.69) is 21.9 Å². The van der Waals surface area contributed by atoms with E-state index in [1.54, 1.807) is 6.92 Å². The number of nitrogens with two attached hydrogens (primary N) is 1. The molecule has 1 spiro atoms. The van der Waals surface area contributed by atoms with E-state index in [0.29, 0.717) is 41.4 Å². The molecule has 9 heteroatoms. The fraction of sp³-hybridized carbons (Fsp3) is 0.241. The highest BCUT2D eigenvalue weighted by Crippen LogP contribution is 2.42. The topological polar surface area (TPSA) is 115 Å². The molecule has 2 fully saturated rings. The van der Waals surface area contributed by atoms with Gasteiger partial charge in [0.25, 0.3) is 11.8 Å². The summed E-state index contributed by atoms with van der Waals surface area (Å²) in [6.45, 7) is 7.43. The molecule has 0 unspecified atom stereocenters. The highest BCUT2D eigenvalue weighted by atomic mass is 16.5. The zero-order valence-electron chi connectivity index (χ0n) is 21.3. The van der Waals surface area contributed by atoms with Crippen molar-refractivity contribution in [3.05, 3.63) is 72.6 Å². The Balaban J connectivity index is 1.37. The van der Waals surface area contributed by atoms with E-state index in [-0.39, 0.29) is 17.4 Å². The number of hydrogen-bond acceptors (Lipinski definition) is 6. The summed E-state index contributed by atoms with van der Waals surface area (Å²) < 4.78 is 7.64. The molecule has 4 heterocycles. The van der Waals surface area contributed by atoms with Gasteiger partial charge in [0.05, 0.1) is 30.8 Å². The van der Waals surface area contributed by atoms with E-state index in [4.69, 9.17) is 10.5 Å². The van der Waals surface area contributed by atoms with Gasteiger partial charge >= 0.3 is 0 Å². The van der Waals surface area contributed by atoms with Gasteiger partial charge in [-0.15, -0.1) is 0 Å². The molecule has 0 aliphatic carbocycles. The lowest BCUT2D eigenvalue weighted by atomic mass is 9.85. The lowest BCUT2D eigenvalue weighted by molar-refractivity contribution is -0.209. The number of anilines is 2. The molecule has 3 N–H and O–H groups in total. The van der Waals surface area contributed by atoms with Crippen LogP contribution in [0, 0.1) is 0 Å². The van der Waals surface area contributed by atoms with Crippen molar-refractivity contribution in [3.63, 3.8) is 0 Å². The molecular formula is C29H28N6O3. The zero-order valence-corrected chi connectivity index (χ0v) is 21.3. The highest BCUT2D eigenvalue weighted by molar-refractivity contribution is 6.08. The normalized spacial score (nSPS) is 15.7. The average Bonchev–Trinajstić information content (AvgIpc) is 3.16. The van der Waals surface area contributed by atoms with E-state index in [1.807, 2.05) is 65.0 Å². The van der Waals surface area contributed by atoms with E-state index >= 15 is 0 Å². The minimum absolute atomic E-state index is 0.00561. The van der Waals surface area contributed by atoms with Gasteiger partial charge in [0.15, 0.2) is 0 Å². The molecule has 0 saturated carbocycles. The van der Waals surface area contributed by atoms with Crippen LogP contribution in [0.3, 0.4) is 0 Å². The molecule has 2 aliphatic heterocycles. The molecule has 2 amide bonds. The molecule has 2 aromatic heterocycles. The van der Waals surface area contributed by atoms with Gasteiger partial charge in [-0.05, 0) is 42.3 Å². The Morgan fingerprint density at radius 2 is 1.71 bits per heavy atom. The van der Waals surface area contributed by atoms with Crippen molar-refractivity contribution in [2.75, 3.05) is 30.7 Å². The fourth-order valence-corrected chi connectivity index (χ4v) is 5.24. The number of rotatable bonds is 5. The third-order valence-corrected chi connectivity index (χ3v) is 7.43. The van der Waals surface area contributed by atoms with Crippen LogP contribution in [0.5, 0.6) is 0 Å². The Morgan fingerprint density at radius 1 is 1.05 bits per heavy atom. The standard InChI is InChI=1S/C29H28N6O3/c1-17(2)27(36)33-21-10-8-19(9-11-21)24-22(23-25(30)31-16-32-26(23)34(24)3)18-4-6-20(7-5-18)28(37)35-14-29(15-35)12-13-38-29/h4-11,16H,1,12-15H2,2-3H3,(H,33,36)(H2,30,31,32). The number of amides is 2. The van der Waals surface area contributed by atoms with Crippen LogP contribution in [0.1, 0.15) is 23.7 Å². The second kappa shape index (κ2) is 8.81. The molecule has 2 aromatic carbocycles. The predicted octanol–water partition coefficient (Wildman–Crippen LogP) is 4.01. The molecule has 0 atom stereocenters. The Bertz CT molecular complexity index is 1590. The molecular weight excluding hydrogens is 480 g/mol. The van der Waals surface area contributed by atoms with Crippen LogP contribution < -0.4 is 11.1 Å². The van der Waals surface area contributed by atoms with Crippen molar-refractivity contribution in [1.29, 1.82) is 0 Å². The summed E-state index contributed by atoms with van der Waals surface area (Å²) in [6, 6.07) is 15.2. The molecule has 2 saturated heterocycles. The van der Waals surface area contributed by atoms with Crippen LogP contribution in [0.25, 0.3) is 33.4 Å². The monoisotopic (exact) mass is 508 g/mol. The zero-order chi connectivity index (χ0) is 26.6. The quantitative estimate of drug-likeness (QED) is 0.394. The Kier molecular flexibility index (Phi) is 5.53. The average molecular weight is 509 g/mol. The van der Waals surface area contributed by atoms with Crippen molar-refractivity contribution in [2.45, 2.75) is 18.9 Å². The molecule has 9 nitrogen and oxygen atoms in total. The lowest BCUT2D eigenvalue weighted by Crippen LogP contribution is -2.69. The Labute approximate surface area is 219 Å². The summed E-state index contributed by atoms with van der Waals surface area (Å²) in [7, 11) is 1.94. The maximum atomic E-state index is 13.0. The third kappa shape index (κ3) is 3.83. The fourth-order valence-electron chi connectivity index (χ4n) is 5.24. The van der Waals surface area contributed by atoms with Gasteiger partial charge in [-0.1, -0.05) is 30.8 Å². The molecule has 2 aliphatic rings. The number of nitrogen functional groups attached to an aromatic ring is 1. The van der Waals surface area contributed by atoms with E-state index < -0.39 is 0 Å². The largest absolute Gasteiger partial charge is 0.383 e. The van der Waals surface area contributed by atoms with Crippen molar-refractivity contribution < 1.29 is 14.3 Å². The predicted molar refractivity (Wildman–Crippen MR) is 146 cm³/mol. The summed E-state index contributed by atoms with van der Waals surface area (Å²) in [5, 5.41) is 3.58. The number of carbonyl (C=O) groups is 2. The van der Waals surface area contributed by atoms with Gasteiger partial charge in [-0.25, -0.2) is 9.97 Å². The number of nitrogens with zero attached hydrogens (tertiary/aromatic N) is 4. The van der Waals surface area contributed by atoms with Gasteiger partial charge in [-0.3, -0.25) is 9.59 Å². The molecule has 0 radical (unpaired) electrons. The smallest absolute Gasteiger partial charge is 0.254 e. The first kappa shape index (κ1) is 23.9. The number of likely N-dealkylation sites (tertiary alicyclic amines) is 1. The van der Waals surface area contributed by atoms with Crippen molar-refractivity contribution >= 4 is 34.4 Å². The molecule has 192 valence electrons. The van der Waals surface area contributed by atoms with E-state index in [0.717, 1.165) is 40.8 Å². The number of aromatic nitrogens is 3. The first-order valence-corrected chi connectivity index (χ1v) is 12.5. The summed E-state index contributed by atoms with van der Waals surface area (Å²) in [4.78, 5) is 35.6. The van der Waals surface area contributed by atoms with Gasteiger partial charge in [0.2, 0.25) is 0 Å². The molecule has 4 aromatic rings. The number of aryl methyl sites for hydroxylation is 1. The van der Waals surface area contributed by atoms with Crippen molar-refractivity contribution in [1.82, 2.24) is 19.4 Å². The maximum Gasteiger partial charge on any atom is 0.254 e. The number of hydrogen-bond donors (Lipinski definition) is 2. The van der Waals surface area contributed by atoms with Gasteiger partial charge < -0.3 is 25.3 Å². The SMILES string of the molecule is C=C(C)C(=O)Nc1ccc(-c2c(-c3ccc(C(=O)N4CC5(CCO5)C4)cc3)c3c(N)ncnc3n2C)cc1. The van der Waals surface area contributed by atoms with Crippen LogP contribution in [0.2, 0.25) is 0 Å². The highest BCUT2D eigenvalue weighted by Gasteiger charge is 2.50. The molecule has 38 heavy (non-hydrogen) atoms. The molecule has 6 rings (SSSR count). The third-order valence-electron chi connectivity index (χ3n) is 7.43. The minimum atomic E-state index is -0.227. The first-order chi connectivity index (χ1) is 18.3. The summed E-state index contributed by atoms with van der Waals surface area (Å²) in [5.74, 6) is 0.157. The van der Waals surface area contributed by atoms with E-state index in [1.165, 1.54) is 6.33 Å². The van der Waals surface area contributed by atoms with Crippen LogP contribution in [0.4, 0.5) is 11.5 Å². The number of benzene rings is 2. The number of ether oxygens (including phenoxy) is 1. The summed E-state index contributed by atoms with van der Waals surface area (Å²) in [6.07, 6.45) is 2.47. The Hall–Kier alpha value is -4.50. The number of nitrogens with one attached hydrogen (secondary N) is 1. The van der Waals surface area contributed by atoms with E-state index in [9.17, 15) is 9.59 Å². The van der Waals surface area contributed by atoms with Crippen molar-refractivity contribution in [3.8, 4) is 22.4 Å². The Morgan fingerprint density at radius 3 is 2.32 bits per heavy atom. The van der Waals surface area contributed by atoms with Gasteiger partial charge in [0, 0.05) is 35.9 Å². The van der Waals surface area contributed by atoms with Crippen LogP contribution in [-0.2, 0) is 16.6 Å². The maximum absolute atomic E-state index is 13.0. The first-order valence-electron chi connectivity index (χ1n) is 12.5. The number of carbonyl (C=O) groups excluding carboxylic acids is 2. The summed E-state index contributed by atoms with van der Waals surface area (Å²) in [5.41, 5.74) is 12.3. The summed E-state index contributed by atoms with van der Waals surface area (Å²) >= 11 is 0. The number of fused-ring (bicyclic) bond motifs is 1.